The molecule has 0 spiro atoms. The molecule has 6 nitrogen and oxygen atoms in total. The Bertz CT molecular complexity index is 1090. The largest absolute Gasteiger partial charge is 0.390 e. The number of aliphatic hydroxyl groups excluding tert-OH is 1. The molecule has 0 saturated carbocycles. The number of aryl methyl sites for hydroxylation is 1. The van der Waals surface area contributed by atoms with Gasteiger partial charge in [0.05, 0.1) is 18.3 Å². The molecule has 2 aromatic carbocycles. The van der Waals surface area contributed by atoms with Gasteiger partial charge in [0, 0.05) is 79.8 Å². The molecule has 33 heavy (non-hydrogen) atoms. The van der Waals surface area contributed by atoms with E-state index in [2.05, 4.69) is 46.3 Å². The fourth-order valence-electron chi connectivity index (χ4n) is 5.06. The number of anilines is 1. The summed E-state index contributed by atoms with van der Waals surface area (Å²) in [7, 11) is 0. The number of fused-ring (bicyclic) bond motifs is 1. The zero-order valence-electron chi connectivity index (χ0n) is 19.2. The van der Waals surface area contributed by atoms with E-state index in [-0.39, 0.29) is 0 Å². The zero-order valence-corrected chi connectivity index (χ0v) is 19.9. The standard InChI is InChI=1S/C26H32ClN5O/c1-19-4-2-3-5-24(19)31-14-12-30(13-15-31)17-22(33)18-32-25-10-11-28-16-23(25)26(29-32)20-6-8-21(27)9-7-20/h2-9,22,28,33H,10-18H2,1H3. The van der Waals surface area contributed by atoms with Crippen LogP contribution >= 0.6 is 11.6 Å². The van der Waals surface area contributed by atoms with Gasteiger partial charge in [-0.2, -0.15) is 5.10 Å². The molecule has 2 N–H and O–H groups in total. The van der Waals surface area contributed by atoms with E-state index in [9.17, 15) is 5.11 Å². The number of para-hydroxylation sites is 1. The molecule has 0 amide bonds. The molecule has 1 atom stereocenters. The van der Waals surface area contributed by atoms with Gasteiger partial charge in [0.15, 0.2) is 0 Å². The van der Waals surface area contributed by atoms with Crippen LogP contribution in [0, 0.1) is 6.92 Å². The highest BCUT2D eigenvalue weighted by atomic mass is 35.5. The first kappa shape index (κ1) is 22.4. The second-order valence-electron chi connectivity index (χ2n) is 9.12. The molecule has 1 saturated heterocycles. The lowest BCUT2D eigenvalue weighted by atomic mass is 10.0. The molecule has 2 aliphatic heterocycles. The van der Waals surface area contributed by atoms with Gasteiger partial charge in [0.25, 0.3) is 0 Å². The zero-order chi connectivity index (χ0) is 22.8. The van der Waals surface area contributed by atoms with Crippen molar-refractivity contribution in [2.45, 2.75) is 32.5 Å². The average molecular weight is 466 g/mol. The molecule has 0 radical (unpaired) electrons. The summed E-state index contributed by atoms with van der Waals surface area (Å²) >= 11 is 6.08. The minimum atomic E-state index is -0.452. The lowest BCUT2D eigenvalue weighted by molar-refractivity contribution is 0.0912. The first-order chi connectivity index (χ1) is 16.1. The number of hydrogen-bond donors (Lipinski definition) is 2. The maximum Gasteiger partial charge on any atom is 0.0971 e. The van der Waals surface area contributed by atoms with Crippen LogP contribution in [0.25, 0.3) is 11.3 Å². The molecule has 1 fully saturated rings. The van der Waals surface area contributed by atoms with Gasteiger partial charge in [-0.05, 0) is 30.7 Å². The van der Waals surface area contributed by atoms with Gasteiger partial charge in [-0.15, -0.1) is 0 Å². The highest BCUT2D eigenvalue weighted by Crippen LogP contribution is 2.29. The van der Waals surface area contributed by atoms with E-state index in [0.717, 1.165) is 62.0 Å². The van der Waals surface area contributed by atoms with Crippen LogP contribution < -0.4 is 10.2 Å². The molecule has 0 bridgehead atoms. The molecule has 0 aliphatic carbocycles. The van der Waals surface area contributed by atoms with Crippen LogP contribution in [0.3, 0.4) is 0 Å². The number of benzene rings is 2. The summed E-state index contributed by atoms with van der Waals surface area (Å²) in [5.41, 5.74) is 7.18. The second-order valence-corrected chi connectivity index (χ2v) is 9.55. The third kappa shape index (κ3) is 4.94. The minimum absolute atomic E-state index is 0.452. The van der Waals surface area contributed by atoms with Crippen molar-refractivity contribution in [3.05, 3.63) is 70.4 Å². The maximum absolute atomic E-state index is 11.0. The molecular weight excluding hydrogens is 434 g/mol. The Morgan fingerprint density at radius 1 is 1.03 bits per heavy atom. The van der Waals surface area contributed by atoms with E-state index >= 15 is 0 Å². The number of piperazine rings is 1. The lowest BCUT2D eigenvalue weighted by Gasteiger charge is -2.37. The Morgan fingerprint density at radius 3 is 2.55 bits per heavy atom. The Hall–Kier alpha value is -2.38. The molecule has 174 valence electrons. The maximum atomic E-state index is 11.0. The Kier molecular flexibility index (Phi) is 6.69. The molecule has 7 heteroatoms. The predicted octanol–water partition coefficient (Wildman–Crippen LogP) is 3.34. The monoisotopic (exact) mass is 465 g/mol. The van der Waals surface area contributed by atoms with Crippen molar-refractivity contribution < 1.29 is 5.11 Å². The summed E-state index contributed by atoms with van der Waals surface area (Å²) in [4.78, 5) is 4.82. The molecular formula is C26H32ClN5O. The van der Waals surface area contributed by atoms with E-state index in [4.69, 9.17) is 16.7 Å². The van der Waals surface area contributed by atoms with E-state index in [1.54, 1.807) is 0 Å². The number of halogens is 1. The third-order valence-corrected chi connectivity index (χ3v) is 7.06. The fourth-order valence-corrected chi connectivity index (χ4v) is 5.18. The normalized spacial score (nSPS) is 17.7. The topological polar surface area (TPSA) is 56.6 Å². The van der Waals surface area contributed by atoms with Gasteiger partial charge in [-0.25, -0.2) is 0 Å². The summed E-state index contributed by atoms with van der Waals surface area (Å²) in [6.45, 7) is 9.01. The van der Waals surface area contributed by atoms with Crippen molar-refractivity contribution >= 4 is 17.3 Å². The highest BCUT2D eigenvalue weighted by Gasteiger charge is 2.25. The van der Waals surface area contributed by atoms with Gasteiger partial charge in [-0.1, -0.05) is 41.9 Å². The molecule has 1 unspecified atom stereocenters. The van der Waals surface area contributed by atoms with Gasteiger partial charge >= 0.3 is 0 Å². The van der Waals surface area contributed by atoms with Crippen molar-refractivity contribution in [2.75, 3.05) is 44.2 Å². The number of nitrogens with one attached hydrogen (secondary N) is 1. The summed E-state index contributed by atoms with van der Waals surface area (Å²) in [6.07, 6.45) is 0.476. The number of hydrogen-bond acceptors (Lipinski definition) is 5. The van der Waals surface area contributed by atoms with E-state index < -0.39 is 6.10 Å². The number of β-amino-alcohol motifs (C(OH)–C–C–N with tert-alkyl or cyclic N) is 1. The van der Waals surface area contributed by atoms with E-state index in [1.807, 2.05) is 28.9 Å². The lowest BCUT2D eigenvalue weighted by Crippen LogP contribution is -2.49. The van der Waals surface area contributed by atoms with Crippen molar-refractivity contribution in [2.24, 2.45) is 0 Å². The van der Waals surface area contributed by atoms with Gasteiger partial charge in [-0.3, -0.25) is 9.58 Å². The van der Waals surface area contributed by atoms with E-state index in [0.29, 0.717) is 13.1 Å². The number of aromatic nitrogens is 2. The molecule has 3 heterocycles. The van der Waals surface area contributed by atoms with Gasteiger partial charge < -0.3 is 15.3 Å². The SMILES string of the molecule is Cc1ccccc1N1CCN(CC(O)Cn2nc(-c3ccc(Cl)cc3)c3c2CCNC3)CC1. The highest BCUT2D eigenvalue weighted by molar-refractivity contribution is 6.30. The minimum Gasteiger partial charge on any atom is -0.390 e. The van der Waals surface area contributed by atoms with Crippen LogP contribution in [-0.2, 0) is 19.5 Å². The van der Waals surface area contributed by atoms with Crippen LogP contribution in [0.4, 0.5) is 5.69 Å². The first-order valence-electron chi connectivity index (χ1n) is 11.8. The van der Waals surface area contributed by atoms with Crippen molar-refractivity contribution in [1.29, 1.82) is 0 Å². The summed E-state index contributed by atoms with van der Waals surface area (Å²) in [5, 5.41) is 20.1. The average Bonchev–Trinajstić information content (AvgIpc) is 3.19. The van der Waals surface area contributed by atoms with E-state index in [1.165, 1.54) is 22.5 Å². The second kappa shape index (κ2) is 9.85. The number of rotatable bonds is 6. The molecule has 2 aliphatic rings. The Balaban J connectivity index is 1.24. The van der Waals surface area contributed by atoms with Crippen LogP contribution in [0.5, 0.6) is 0 Å². The van der Waals surface area contributed by atoms with Crippen LogP contribution in [0.1, 0.15) is 16.8 Å². The quantitative estimate of drug-likeness (QED) is 0.584. The molecule has 5 rings (SSSR count). The summed E-state index contributed by atoms with van der Waals surface area (Å²) < 4.78 is 2.04. The first-order valence-corrected chi connectivity index (χ1v) is 12.2. The Labute approximate surface area is 200 Å². The van der Waals surface area contributed by atoms with Crippen molar-refractivity contribution in [3.63, 3.8) is 0 Å². The smallest absolute Gasteiger partial charge is 0.0971 e. The fraction of sp³-hybridized carbons (Fsp3) is 0.423. The van der Waals surface area contributed by atoms with Crippen LogP contribution in [0.2, 0.25) is 5.02 Å². The van der Waals surface area contributed by atoms with Crippen LogP contribution in [-0.4, -0.2) is 65.2 Å². The van der Waals surface area contributed by atoms with Gasteiger partial charge in [0.2, 0.25) is 0 Å². The molecule has 1 aromatic heterocycles. The number of nitrogens with zero attached hydrogens (tertiary/aromatic N) is 4. The predicted molar refractivity (Wildman–Crippen MR) is 134 cm³/mol. The Morgan fingerprint density at radius 2 is 1.79 bits per heavy atom. The summed E-state index contributed by atoms with van der Waals surface area (Å²) in [5.74, 6) is 0. The third-order valence-electron chi connectivity index (χ3n) is 6.81. The summed E-state index contributed by atoms with van der Waals surface area (Å²) in [6, 6.07) is 16.4. The van der Waals surface area contributed by atoms with Gasteiger partial charge in [0.1, 0.15) is 0 Å². The van der Waals surface area contributed by atoms with Crippen molar-refractivity contribution in [3.8, 4) is 11.3 Å². The van der Waals surface area contributed by atoms with Crippen molar-refractivity contribution in [1.82, 2.24) is 20.0 Å². The molecule has 3 aromatic rings. The van der Waals surface area contributed by atoms with Crippen LogP contribution in [0.15, 0.2) is 48.5 Å². The number of aliphatic hydroxyl groups is 1.